The second-order valence-corrected chi connectivity index (χ2v) is 9.27. The molecule has 0 spiro atoms. The number of rotatable bonds is 11. The lowest BCUT2D eigenvalue weighted by Crippen LogP contribution is -2.15. The molecule has 3 heterocycles. The number of aryl methyl sites for hydroxylation is 1. The zero-order valence-corrected chi connectivity index (χ0v) is 23.9. The molecule has 0 aliphatic carbocycles. The predicted molar refractivity (Wildman–Crippen MR) is 153 cm³/mol. The fraction of sp³-hybridized carbons (Fsp3) is 0.310. The number of carbonyl (C=O) groups excluding carboxylic acids is 2. The Balaban J connectivity index is 1.55. The van der Waals surface area contributed by atoms with Gasteiger partial charge in [-0.1, -0.05) is 61.9 Å². The molecule has 5 rings (SSSR count). The Bertz CT molecular complexity index is 1700. The van der Waals surface area contributed by atoms with Gasteiger partial charge < -0.3 is 23.5 Å². The van der Waals surface area contributed by atoms with Crippen LogP contribution in [0.1, 0.15) is 45.0 Å². The molecule has 3 aromatic heterocycles. The van der Waals surface area contributed by atoms with E-state index in [-0.39, 0.29) is 30.5 Å². The number of hydrogen-bond acceptors (Lipinski definition) is 12. The molecule has 222 valence electrons. The van der Waals surface area contributed by atoms with Crippen LogP contribution in [0.3, 0.4) is 0 Å². The number of aromatic amines is 1. The number of imidazole rings is 1. The van der Waals surface area contributed by atoms with Crippen LogP contribution in [0.2, 0.25) is 0 Å². The molecule has 0 bridgehead atoms. The standard InChI is InChI=1S/C29H30N8O6/c1-4-7-12-22-30-23-24(27(43-29(39)41-6-3)34-33-26(23)42-28(38)40-5-2)37(22)17-18-13-15-19(16-14-18)20-10-8-9-11-21(20)25-31-35-36-32-25/h8-11,13-16H,4-7,12,17H2,1-3H3,(H,31,32,35,36). The minimum atomic E-state index is -0.946. The molecule has 0 aliphatic heterocycles. The molecule has 43 heavy (non-hydrogen) atoms. The van der Waals surface area contributed by atoms with E-state index in [0.29, 0.717) is 30.1 Å². The Labute approximate surface area is 246 Å². The third kappa shape index (κ3) is 6.58. The quantitative estimate of drug-likeness (QED) is 0.203. The second-order valence-electron chi connectivity index (χ2n) is 9.27. The molecule has 0 atom stereocenters. The molecule has 14 heteroatoms. The molecule has 0 fully saturated rings. The first-order valence-corrected chi connectivity index (χ1v) is 13.9. The number of tetrazole rings is 1. The Morgan fingerprint density at radius 2 is 1.51 bits per heavy atom. The molecule has 5 aromatic rings. The molecule has 0 amide bonds. The van der Waals surface area contributed by atoms with Gasteiger partial charge >= 0.3 is 12.3 Å². The molecule has 2 aromatic carbocycles. The molecule has 0 saturated carbocycles. The van der Waals surface area contributed by atoms with Gasteiger partial charge in [0.25, 0.3) is 11.8 Å². The van der Waals surface area contributed by atoms with Crippen molar-refractivity contribution < 1.29 is 28.5 Å². The van der Waals surface area contributed by atoms with Crippen molar-refractivity contribution in [1.29, 1.82) is 0 Å². The maximum atomic E-state index is 12.3. The number of benzene rings is 2. The fourth-order valence-corrected chi connectivity index (χ4v) is 4.51. The SMILES string of the molecule is CCCCc1nc2c(OC(=O)OCC)nnc(OC(=O)OCC)c2n1Cc1ccc(-c2ccccc2-c2nn[nH]n2)cc1. The average molecular weight is 587 g/mol. The van der Waals surface area contributed by atoms with E-state index in [0.717, 1.165) is 35.1 Å². The molecule has 14 nitrogen and oxygen atoms in total. The van der Waals surface area contributed by atoms with Gasteiger partial charge in [-0.3, -0.25) is 0 Å². The van der Waals surface area contributed by atoms with E-state index < -0.39 is 12.3 Å². The number of ether oxygens (including phenoxy) is 4. The highest BCUT2D eigenvalue weighted by molar-refractivity contribution is 5.88. The van der Waals surface area contributed by atoms with Gasteiger partial charge in [-0.15, -0.1) is 20.4 Å². The Morgan fingerprint density at radius 3 is 2.16 bits per heavy atom. The minimum absolute atomic E-state index is 0.114. The summed E-state index contributed by atoms with van der Waals surface area (Å²) in [4.78, 5) is 29.2. The lowest BCUT2D eigenvalue weighted by Gasteiger charge is -2.13. The summed E-state index contributed by atoms with van der Waals surface area (Å²) in [6, 6.07) is 15.8. The van der Waals surface area contributed by atoms with Crippen molar-refractivity contribution in [3.8, 4) is 34.3 Å². The van der Waals surface area contributed by atoms with Crippen molar-refractivity contribution in [3.05, 3.63) is 59.9 Å². The lowest BCUT2D eigenvalue weighted by atomic mass is 9.98. The maximum Gasteiger partial charge on any atom is 0.515 e. The van der Waals surface area contributed by atoms with Gasteiger partial charge in [-0.2, -0.15) is 5.21 Å². The normalized spacial score (nSPS) is 11.0. The van der Waals surface area contributed by atoms with E-state index in [1.165, 1.54) is 0 Å². The Morgan fingerprint density at radius 1 is 0.837 bits per heavy atom. The predicted octanol–water partition coefficient (Wildman–Crippen LogP) is 5.13. The van der Waals surface area contributed by atoms with Crippen LogP contribution in [0.5, 0.6) is 11.8 Å². The van der Waals surface area contributed by atoms with Crippen molar-refractivity contribution in [2.75, 3.05) is 13.2 Å². The van der Waals surface area contributed by atoms with Crippen molar-refractivity contribution in [2.24, 2.45) is 0 Å². The Kier molecular flexibility index (Phi) is 9.14. The van der Waals surface area contributed by atoms with Crippen molar-refractivity contribution in [3.63, 3.8) is 0 Å². The second kappa shape index (κ2) is 13.5. The van der Waals surface area contributed by atoms with E-state index in [1.807, 2.05) is 53.1 Å². The van der Waals surface area contributed by atoms with Crippen LogP contribution in [0.25, 0.3) is 33.5 Å². The van der Waals surface area contributed by atoms with E-state index in [9.17, 15) is 9.59 Å². The first-order chi connectivity index (χ1) is 21.0. The number of carbonyl (C=O) groups is 2. The maximum absolute atomic E-state index is 12.3. The van der Waals surface area contributed by atoms with Crippen LogP contribution in [0, 0.1) is 0 Å². The largest absolute Gasteiger partial charge is 0.515 e. The average Bonchev–Trinajstić information content (AvgIpc) is 3.67. The van der Waals surface area contributed by atoms with Crippen molar-refractivity contribution in [1.82, 2.24) is 40.4 Å². The van der Waals surface area contributed by atoms with Crippen LogP contribution >= 0.6 is 0 Å². The zero-order chi connectivity index (χ0) is 30.2. The minimum Gasteiger partial charge on any atom is -0.434 e. The van der Waals surface area contributed by atoms with E-state index in [1.54, 1.807) is 13.8 Å². The highest BCUT2D eigenvalue weighted by Crippen LogP contribution is 2.33. The molecular weight excluding hydrogens is 556 g/mol. The van der Waals surface area contributed by atoms with Gasteiger partial charge in [0.05, 0.1) is 13.2 Å². The topological polar surface area (TPSA) is 169 Å². The van der Waals surface area contributed by atoms with E-state index in [4.69, 9.17) is 23.9 Å². The monoisotopic (exact) mass is 586 g/mol. The Hall–Kier alpha value is -5.40. The number of nitrogens with one attached hydrogen (secondary N) is 1. The van der Waals surface area contributed by atoms with Crippen molar-refractivity contribution >= 4 is 23.3 Å². The molecule has 0 radical (unpaired) electrons. The number of fused-ring (bicyclic) bond motifs is 1. The summed E-state index contributed by atoms with van der Waals surface area (Å²) in [5, 5.41) is 22.4. The van der Waals surface area contributed by atoms with Crippen LogP contribution < -0.4 is 9.47 Å². The van der Waals surface area contributed by atoms with Crippen molar-refractivity contribution in [2.45, 2.75) is 46.6 Å². The summed E-state index contributed by atoms with van der Waals surface area (Å²) in [5.74, 6) is 0.905. The number of aromatic nitrogens is 8. The fourth-order valence-electron chi connectivity index (χ4n) is 4.51. The van der Waals surface area contributed by atoms with Gasteiger partial charge in [-0.05, 0) is 42.2 Å². The number of hydrogen-bond donors (Lipinski definition) is 1. The highest BCUT2D eigenvalue weighted by Gasteiger charge is 2.25. The van der Waals surface area contributed by atoms with Gasteiger partial charge in [0.15, 0.2) is 5.52 Å². The van der Waals surface area contributed by atoms with Crippen LogP contribution in [-0.4, -0.2) is 65.9 Å². The summed E-state index contributed by atoms with van der Waals surface area (Å²) in [6.45, 7) is 5.98. The summed E-state index contributed by atoms with van der Waals surface area (Å²) >= 11 is 0. The van der Waals surface area contributed by atoms with Crippen LogP contribution in [0.15, 0.2) is 48.5 Å². The summed E-state index contributed by atoms with van der Waals surface area (Å²) in [5.41, 5.74) is 4.24. The van der Waals surface area contributed by atoms with Crippen LogP contribution in [0.4, 0.5) is 9.59 Å². The first-order valence-electron chi connectivity index (χ1n) is 13.9. The van der Waals surface area contributed by atoms with Gasteiger partial charge in [0.1, 0.15) is 11.3 Å². The number of H-pyrrole nitrogens is 1. The van der Waals surface area contributed by atoms with Gasteiger partial charge in [0.2, 0.25) is 5.82 Å². The smallest absolute Gasteiger partial charge is 0.434 e. The molecule has 0 aliphatic rings. The third-order valence-electron chi connectivity index (χ3n) is 6.44. The summed E-state index contributed by atoms with van der Waals surface area (Å²) < 4.78 is 22.5. The summed E-state index contributed by atoms with van der Waals surface area (Å²) in [7, 11) is 0. The number of unbranched alkanes of at least 4 members (excludes halogenated alkanes) is 1. The third-order valence-corrected chi connectivity index (χ3v) is 6.44. The van der Waals surface area contributed by atoms with Crippen LogP contribution in [-0.2, 0) is 22.4 Å². The lowest BCUT2D eigenvalue weighted by molar-refractivity contribution is 0.0992. The highest BCUT2D eigenvalue weighted by atomic mass is 16.7. The molecule has 0 unspecified atom stereocenters. The van der Waals surface area contributed by atoms with E-state index in [2.05, 4.69) is 37.7 Å². The van der Waals surface area contributed by atoms with Gasteiger partial charge in [-0.25, -0.2) is 14.6 Å². The molecular formula is C29H30N8O6. The number of nitrogens with zero attached hydrogens (tertiary/aromatic N) is 7. The van der Waals surface area contributed by atoms with E-state index >= 15 is 0 Å². The summed E-state index contributed by atoms with van der Waals surface area (Å²) in [6.07, 6.45) is 0.493. The zero-order valence-electron chi connectivity index (χ0n) is 23.9. The van der Waals surface area contributed by atoms with Gasteiger partial charge in [0, 0.05) is 18.5 Å². The first kappa shape index (κ1) is 29.1. The molecule has 0 saturated heterocycles. The molecule has 1 N–H and O–H groups in total.